The van der Waals surface area contributed by atoms with E-state index in [4.69, 9.17) is 14.9 Å². The Morgan fingerprint density at radius 2 is 1.90 bits per heavy atom. The molecule has 0 rings (SSSR count). The van der Waals surface area contributed by atoms with Crippen molar-refractivity contribution in [2.45, 2.75) is 0 Å². The first kappa shape index (κ1) is 16.6. The van der Waals surface area contributed by atoms with E-state index in [1.807, 2.05) is 0 Å². The van der Waals surface area contributed by atoms with Crippen LogP contribution < -0.4 is 29.6 Å². The molecule has 0 heterocycles. The van der Waals surface area contributed by atoms with E-state index in [0.717, 1.165) is 13.4 Å². The molecule has 0 aromatic heterocycles. The minimum atomic E-state index is -4.54. The van der Waals surface area contributed by atoms with Gasteiger partial charge in [-0.1, -0.05) is 0 Å². The van der Waals surface area contributed by atoms with Gasteiger partial charge in [-0.3, -0.25) is 8.74 Å². The first-order chi connectivity index (χ1) is 4.06. The maximum Gasteiger partial charge on any atom is 1.00 e. The zero-order chi connectivity index (χ0) is 7.91. The molecule has 0 fully saturated rings. The zero-order valence-corrected chi connectivity index (χ0v) is 8.29. The van der Waals surface area contributed by atoms with Crippen LogP contribution in [0.4, 0.5) is 0 Å². The van der Waals surface area contributed by atoms with Gasteiger partial charge in [-0.15, -0.1) is 5.26 Å². The summed E-state index contributed by atoms with van der Waals surface area (Å²) < 4.78 is 29.3. The van der Waals surface area contributed by atoms with Crippen molar-refractivity contribution < 1.29 is 53.2 Å². The summed E-state index contributed by atoms with van der Waals surface area (Å²) in [4.78, 5) is 0. The molecule has 0 amide bonds. The van der Waals surface area contributed by atoms with Gasteiger partial charge in [-0.25, -0.2) is 0 Å². The summed E-state index contributed by atoms with van der Waals surface area (Å²) in [5.41, 5.74) is 0. The monoisotopic (exact) mass is 179 g/mol. The number of aliphatic hydroxyl groups is 1. The van der Waals surface area contributed by atoms with Crippen LogP contribution in [0.2, 0.25) is 0 Å². The van der Waals surface area contributed by atoms with Gasteiger partial charge in [-0.2, -0.15) is 8.42 Å². The molecular formula is C2H6NNaO5S. The van der Waals surface area contributed by atoms with E-state index in [0.29, 0.717) is 0 Å². The number of aliphatic hydroxyl groups excluding tert-OH is 1. The molecule has 0 aliphatic carbocycles. The van der Waals surface area contributed by atoms with E-state index in [1.165, 1.54) is 0 Å². The third-order valence-electron chi connectivity index (χ3n) is 0.143. The molecule has 0 bridgehead atoms. The summed E-state index contributed by atoms with van der Waals surface area (Å²) in [6.45, 7) is 0. The van der Waals surface area contributed by atoms with Gasteiger partial charge in [0.15, 0.2) is 0 Å². The molecule has 0 saturated carbocycles. The molecule has 0 aromatic carbocycles. The summed E-state index contributed by atoms with van der Waals surface area (Å²) >= 11 is 0. The predicted molar refractivity (Wildman–Crippen MR) is 27.5 cm³/mol. The Bertz CT molecular complexity index is 185. The number of hydrogen-bond acceptors (Lipinski definition) is 5. The van der Waals surface area contributed by atoms with Gasteiger partial charge < -0.3 is 6.53 Å². The van der Waals surface area contributed by atoms with Crippen LogP contribution >= 0.6 is 0 Å². The standard InChI is InChI=1S/CHNO4S.CH4O.Na.H/c2-1-6-7(3,4)5;1-2;;/h(H,3,4,5);2H,1H3;;/q;;+1;-1. The smallest absolute Gasteiger partial charge is 1.00 e. The molecule has 0 atom stereocenters. The molecule has 0 unspecified atom stereocenters. The van der Waals surface area contributed by atoms with Crippen LogP contribution in [0.3, 0.4) is 0 Å². The topological polar surface area (TPSA) is 108 Å². The van der Waals surface area contributed by atoms with E-state index in [2.05, 4.69) is 4.18 Å². The molecule has 8 heteroatoms. The van der Waals surface area contributed by atoms with Crippen molar-refractivity contribution in [2.75, 3.05) is 7.11 Å². The van der Waals surface area contributed by atoms with Gasteiger partial charge in [0.05, 0.1) is 0 Å². The van der Waals surface area contributed by atoms with Gasteiger partial charge in [-0.05, 0) is 0 Å². The van der Waals surface area contributed by atoms with Crippen molar-refractivity contribution in [1.82, 2.24) is 0 Å². The second-order valence-corrected chi connectivity index (χ2v) is 1.62. The second-order valence-electron chi connectivity index (χ2n) is 0.602. The van der Waals surface area contributed by atoms with E-state index in [9.17, 15) is 8.42 Å². The third-order valence-corrected chi connectivity index (χ3v) is 0.428. The Morgan fingerprint density at radius 3 is 1.90 bits per heavy atom. The average molecular weight is 179 g/mol. The van der Waals surface area contributed by atoms with Crippen molar-refractivity contribution in [2.24, 2.45) is 0 Å². The Labute approximate surface area is 82.1 Å². The Hall–Kier alpha value is 0.160. The summed E-state index contributed by atoms with van der Waals surface area (Å²) in [5, 5.41) is 14.4. The van der Waals surface area contributed by atoms with Crippen LogP contribution in [0.1, 0.15) is 1.43 Å². The van der Waals surface area contributed by atoms with Gasteiger partial charge in [0.25, 0.3) is 0 Å². The van der Waals surface area contributed by atoms with Gasteiger partial charge in [0.2, 0.25) is 0 Å². The van der Waals surface area contributed by atoms with Crippen molar-refractivity contribution >= 4 is 10.4 Å². The fraction of sp³-hybridized carbons (Fsp3) is 0.500. The molecule has 0 radical (unpaired) electrons. The fourth-order valence-electron chi connectivity index (χ4n) is 0.0471. The Kier molecular flexibility index (Phi) is 15.2. The third kappa shape index (κ3) is 24.2. The summed E-state index contributed by atoms with van der Waals surface area (Å²) in [5.74, 6) is 0. The molecule has 0 aromatic rings. The molecule has 2 N–H and O–H groups in total. The van der Waals surface area contributed by atoms with Crippen LogP contribution in [0.5, 0.6) is 0 Å². The summed E-state index contributed by atoms with van der Waals surface area (Å²) in [7, 11) is -3.54. The van der Waals surface area contributed by atoms with E-state index in [-0.39, 0.29) is 31.0 Å². The number of nitriles is 1. The van der Waals surface area contributed by atoms with Crippen LogP contribution in [-0.2, 0) is 14.6 Å². The molecule has 0 saturated heterocycles. The second kappa shape index (κ2) is 9.16. The molecular weight excluding hydrogens is 173 g/mol. The van der Waals surface area contributed by atoms with Crippen molar-refractivity contribution in [3.63, 3.8) is 0 Å². The quantitative estimate of drug-likeness (QED) is 0.241. The Morgan fingerprint density at radius 1 is 1.60 bits per heavy atom. The number of nitrogens with zero attached hydrogens (tertiary/aromatic N) is 1. The first-order valence-corrected chi connectivity index (χ1v) is 2.92. The minimum absolute atomic E-state index is 0. The first-order valence-electron chi connectivity index (χ1n) is 1.56. The van der Waals surface area contributed by atoms with Crippen molar-refractivity contribution in [3.8, 4) is 6.26 Å². The van der Waals surface area contributed by atoms with Gasteiger partial charge >= 0.3 is 46.2 Å². The van der Waals surface area contributed by atoms with E-state index >= 15 is 0 Å². The van der Waals surface area contributed by atoms with Crippen LogP contribution in [0, 0.1) is 11.5 Å². The average Bonchev–Trinajstić information content (AvgIpc) is 1.69. The van der Waals surface area contributed by atoms with Crippen LogP contribution in [0.15, 0.2) is 0 Å². The maximum absolute atomic E-state index is 9.34. The fourth-order valence-corrected chi connectivity index (χ4v) is 0.141. The molecule has 56 valence electrons. The van der Waals surface area contributed by atoms with Gasteiger partial charge in [0, 0.05) is 7.11 Å². The van der Waals surface area contributed by atoms with E-state index in [1.54, 1.807) is 0 Å². The predicted octanol–water partition coefficient (Wildman–Crippen LogP) is -3.99. The van der Waals surface area contributed by atoms with Crippen LogP contribution in [-0.4, -0.2) is 25.2 Å². The SMILES string of the molecule is CO.N#COS(=O)(=O)O.[H-].[Na+]. The number of rotatable bonds is 1. The molecule has 0 spiro atoms. The normalized spacial score (nSPS) is 7.40. The van der Waals surface area contributed by atoms with E-state index < -0.39 is 10.4 Å². The summed E-state index contributed by atoms with van der Waals surface area (Å²) in [6, 6.07) is 0. The largest absolute Gasteiger partial charge is 1.00 e. The molecule has 0 aliphatic heterocycles. The molecule has 6 nitrogen and oxygen atoms in total. The van der Waals surface area contributed by atoms with Crippen LogP contribution in [0.25, 0.3) is 0 Å². The molecule has 10 heavy (non-hydrogen) atoms. The van der Waals surface area contributed by atoms with Crippen molar-refractivity contribution in [1.29, 1.82) is 5.26 Å². The zero-order valence-electron chi connectivity index (χ0n) is 6.47. The van der Waals surface area contributed by atoms with Crippen molar-refractivity contribution in [3.05, 3.63) is 0 Å². The Balaban J connectivity index is -0.0000000564. The minimum Gasteiger partial charge on any atom is -1.00 e. The number of hydrogen-bond donors (Lipinski definition) is 2. The molecule has 0 aliphatic rings. The van der Waals surface area contributed by atoms with Gasteiger partial charge in [0.1, 0.15) is 0 Å². The maximum atomic E-state index is 9.34. The summed E-state index contributed by atoms with van der Waals surface area (Å²) in [6.07, 6.45) is 0.770.